The minimum atomic E-state index is 0.185. The van der Waals surface area contributed by atoms with Crippen LogP contribution in [-0.2, 0) is 0 Å². The van der Waals surface area contributed by atoms with Gasteiger partial charge in [-0.05, 0) is 33.3 Å². The minimum absolute atomic E-state index is 0.185. The molecule has 1 unspecified atom stereocenters. The average molecular weight is 255 g/mol. The van der Waals surface area contributed by atoms with Crippen molar-refractivity contribution in [1.29, 1.82) is 0 Å². The molecule has 3 heteroatoms. The molecule has 1 aromatic carbocycles. The molecule has 0 fully saturated rings. The molecule has 0 bridgehead atoms. The molecule has 1 heterocycles. The summed E-state index contributed by atoms with van der Waals surface area (Å²) < 4.78 is 0. The van der Waals surface area contributed by atoms with Gasteiger partial charge in [0.25, 0.3) is 0 Å². The first-order valence-electron chi connectivity index (χ1n) is 6.68. The molecule has 0 aliphatic heterocycles. The maximum atomic E-state index is 4.41. The van der Waals surface area contributed by atoms with E-state index >= 15 is 0 Å². The number of nitrogens with zero attached hydrogens (tertiary/aromatic N) is 2. The first-order chi connectivity index (χ1) is 9.08. The zero-order valence-corrected chi connectivity index (χ0v) is 12.0. The Hall–Kier alpha value is -1.74. The normalized spacial score (nSPS) is 14.1. The maximum Gasteiger partial charge on any atom is 0.0782 e. The van der Waals surface area contributed by atoms with Gasteiger partial charge in [-0.3, -0.25) is 9.97 Å². The second-order valence-electron chi connectivity index (χ2n) is 5.05. The summed E-state index contributed by atoms with van der Waals surface area (Å²) in [6.45, 7) is 8.40. The first kappa shape index (κ1) is 13.7. The first-order valence-corrected chi connectivity index (χ1v) is 6.68. The molecule has 2 aromatic rings. The summed E-state index contributed by atoms with van der Waals surface area (Å²) in [6, 6.07) is 9.10. The predicted octanol–water partition coefficient (Wildman–Crippen LogP) is 3.51. The number of aromatic nitrogens is 2. The van der Waals surface area contributed by atoms with Crippen LogP contribution in [0.1, 0.15) is 48.4 Å². The van der Waals surface area contributed by atoms with Crippen molar-refractivity contribution < 1.29 is 0 Å². The van der Waals surface area contributed by atoms with E-state index in [0.29, 0.717) is 0 Å². The molecule has 0 amide bonds. The monoisotopic (exact) mass is 255 g/mol. The van der Waals surface area contributed by atoms with Crippen molar-refractivity contribution in [3.63, 3.8) is 0 Å². The summed E-state index contributed by atoms with van der Waals surface area (Å²) in [6.07, 6.45) is 3.48. The Balaban J connectivity index is 2.08. The molecule has 3 nitrogen and oxygen atoms in total. The van der Waals surface area contributed by atoms with Crippen molar-refractivity contribution in [3.05, 3.63) is 59.2 Å². The highest BCUT2D eigenvalue weighted by atomic mass is 15.0. The Morgan fingerprint density at radius 1 is 0.895 bits per heavy atom. The molecule has 2 atom stereocenters. The third-order valence-electron chi connectivity index (χ3n) is 3.41. The van der Waals surface area contributed by atoms with E-state index in [2.05, 4.69) is 60.3 Å². The van der Waals surface area contributed by atoms with Crippen LogP contribution in [0.2, 0.25) is 0 Å². The number of rotatable bonds is 4. The van der Waals surface area contributed by atoms with E-state index in [4.69, 9.17) is 0 Å². The van der Waals surface area contributed by atoms with Crippen LogP contribution in [0.15, 0.2) is 36.7 Å². The summed E-state index contributed by atoms with van der Waals surface area (Å²) in [5, 5.41) is 3.57. The van der Waals surface area contributed by atoms with Crippen molar-refractivity contribution in [1.82, 2.24) is 15.3 Å². The number of hydrogen-bond acceptors (Lipinski definition) is 3. The molecule has 1 aromatic heterocycles. The maximum absolute atomic E-state index is 4.41. The van der Waals surface area contributed by atoms with Gasteiger partial charge in [-0.15, -0.1) is 0 Å². The lowest BCUT2D eigenvalue weighted by molar-refractivity contribution is 0.483. The molecule has 0 aliphatic rings. The quantitative estimate of drug-likeness (QED) is 0.908. The van der Waals surface area contributed by atoms with Crippen molar-refractivity contribution in [2.45, 2.75) is 39.8 Å². The average Bonchev–Trinajstić information content (AvgIpc) is 2.39. The van der Waals surface area contributed by atoms with E-state index in [1.165, 1.54) is 11.1 Å². The topological polar surface area (TPSA) is 37.8 Å². The lowest BCUT2D eigenvalue weighted by atomic mass is 10.0. The second-order valence-corrected chi connectivity index (χ2v) is 5.05. The van der Waals surface area contributed by atoms with Crippen LogP contribution in [0.3, 0.4) is 0 Å². The van der Waals surface area contributed by atoms with Gasteiger partial charge in [0.2, 0.25) is 0 Å². The Morgan fingerprint density at radius 2 is 1.53 bits per heavy atom. The van der Waals surface area contributed by atoms with Gasteiger partial charge in [0, 0.05) is 24.5 Å². The molecule has 100 valence electrons. The third-order valence-corrected chi connectivity index (χ3v) is 3.41. The third kappa shape index (κ3) is 3.38. The Morgan fingerprint density at radius 3 is 2.16 bits per heavy atom. The van der Waals surface area contributed by atoms with Crippen LogP contribution in [0.4, 0.5) is 0 Å². The molecular weight excluding hydrogens is 234 g/mol. The lowest BCUT2D eigenvalue weighted by Gasteiger charge is -2.21. The van der Waals surface area contributed by atoms with Gasteiger partial charge in [0.15, 0.2) is 0 Å². The number of aryl methyl sites for hydroxylation is 2. The van der Waals surface area contributed by atoms with Crippen LogP contribution in [0, 0.1) is 13.8 Å². The summed E-state index contributed by atoms with van der Waals surface area (Å²) in [4.78, 5) is 8.70. The van der Waals surface area contributed by atoms with Gasteiger partial charge in [-0.2, -0.15) is 0 Å². The van der Waals surface area contributed by atoms with Crippen molar-refractivity contribution in [3.8, 4) is 0 Å². The molecule has 0 aliphatic carbocycles. The van der Waals surface area contributed by atoms with E-state index in [-0.39, 0.29) is 12.1 Å². The Bertz CT molecular complexity index is 534. The highest BCUT2D eigenvalue weighted by Gasteiger charge is 2.14. The van der Waals surface area contributed by atoms with Gasteiger partial charge < -0.3 is 5.32 Å². The summed E-state index contributed by atoms with van der Waals surface area (Å²) in [5.41, 5.74) is 4.58. The standard InChI is InChI=1S/C16H21N3/c1-11-5-7-15(8-6-11)12(2)19-14(4)16-13(3)17-9-10-18-16/h5-10,12,14,19H,1-4H3/t12-,14?/m1/s1. The largest absolute Gasteiger partial charge is 0.302 e. The minimum Gasteiger partial charge on any atom is -0.302 e. The predicted molar refractivity (Wildman–Crippen MR) is 77.9 cm³/mol. The van der Waals surface area contributed by atoms with Gasteiger partial charge in [0.1, 0.15) is 0 Å². The number of hydrogen-bond donors (Lipinski definition) is 1. The second kappa shape index (κ2) is 5.93. The summed E-state index contributed by atoms with van der Waals surface area (Å²) in [5.74, 6) is 0. The van der Waals surface area contributed by atoms with Crippen LogP contribution in [-0.4, -0.2) is 9.97 Å². The van der Waals surface area contributed by atoms with E-state index in [9.17, 15) is 0 Å². The molecule has 2 rings (SSSR count). The highest BCUT2D eigenvalue weighted by Crippen LogP contribution is 2.19. The highest BCUT2D eigenvalue weighted by molar-refractivity contribution is 5.24. The molecule has 0 radical (unpaired) electrons. The molecular formula is C16H21N3. The zero-order valence-electron chi connectivity index (χ0n) is 12.0. The van der Waals surface area contributed by atoms with E-state index < -0.39 is 0 Å². The summed E-state index contributed by atoms with van der Waals surface area (Å²) >= 11 is 0. The summed E-state index contributed by atoms with van der Waals surface area (Å²) in [7, 11) is 0. The van der Waals surface area contributed by atoms with Gasteiger partial charge in [0.05, 0.1) is 11.4 Å². The van der Waals surface area contributed by atoms with E-state index in [1.54, 1.807) is 12.4 Å². The van der Waals surface area contributed by atoms with Crippen molar-refractivity contribution >= 4 is 0 Å². The Kier molecular flexibility index (Phi) is 4.27. The lowest BCUT2D eigenvalue weighted by Crippen LogP contribution is -2.24. The fourth-order valence-electron chi connectivity index (χ4n) is 2.25. The van der Waals surface area contributed by atoms with E-state index in [1.807, 2.05) is 6.92 Å². The van der Waals surface area contributed by atoms with E-state index in [0.717, 1.165) is 11.4 Å². The zero-order chi connectivity index (χ0) is 13.8. The van der Waals surface area contributed by atoms with Crippen molar-refractivity contribution in [2.24, 2.45) is 0 Å². The molecule has 0 spiro atoms. The van der Waals surface area contributed by atoms with Crippen LogP contribution >= 0.6 is 0 Å². The van der Waals surface area contributed by atoms with Crippen molar-refractivity contribution in [2.75, 3.05) is 0 Å². The molecule has 0 saturated carbocycles. The smallest absolute Gasteiger partial charge is 0.0782 e. The Labute approximate surface area is 115 Å². The molecule has 19 heavy (non-hydrogen) atoms. The molecule has 0 saturated heterocycles. The van der Waals surface area contributed by atoms with Crippen LogP contribution < -0.4 is 5.32 Å². The number of nitrogens with one attached hydrogen (secondary N) is 1. The van der Waals surface area contributed by atoms with Crippen LogP contribution in [0.25, 0.3) is 0 Å². The fraction of sp³-hybridized carbons (Fsp3) is 0.375. The van der Waals surface area contributed by atoms with Gasteiger partial charge in [-0.1, -0.05) is 29.8 Å². The fourth-order valence-corrected chi connectivity index (χ4v) is 2.25. The van der Waals surface area contributed by atoms with Gasteiger partial charge >= 0.3 is 0 Å². The number of benzene rings is 1. The van der Waals surface area contributed by atoms with Gasteiger partial charge in [-0.25, -0.2) is 0 Å². The van der Waals surface area contributed by atoms with Crippen LogP contribution in [0.5, 0.6) is 0 Å². The SMILES string of the molecule is Cc1ccc([C@@H](C)NC(C)c2nccnc2C)cc1. The molecule has 1 N–H and O–H groups in total.